The van der Waals surface area contributed by atoms with Gasteiger partial charge in [0.05, 0.1) is 7.11 Å². The maximum absolute atomic E-state index is 11.9. The topological polar surface area (TPSA) is 44.8 Å². The highest BCUT2D eigenvalue weighted by atomic mass is 31.1. The van der Waals surface area contributed by atoms with Crippen molar-refractivity contribution in [3.05, 3.63) is 49.3 Å². The van der Waals surface area contributed by atoms with E-state index < -0.39 is 13.4 Å². The van der Waals surface area contributed by atoms with Crippen LogP contribution >= 0.6 is 8.03 Å². The Bertz CT molecular complexity index is 360. The Morgan fingerprint density at radius 2 is 2.06 bits per heavy atom. The molecule has 0 saturated carbocycles. The van der Waals surface area contributed by atoms with E-state index in [0.717, 1.165) is 0 Å². The lowest BCUT2D eigenvalue weighted by Crippen LogP contribution is -2.23. The largest absolute Gasteiger partial charge is 0.478 e. The average Bonchev–Trinajstić information content (AvgIpc) is 2.37. The first-order valence-corrected chi connectivity index (χ1v) is 6.91. The minimum atomic E-state index is -2.49. The van der Waals surface area contributed by atoms with Crippen LogP contribution in [0.15, 0.2) is 49.3 Å². The van der Waals surface area contributed by atoms with Crippen LogP contribution in [0, 0.1) is 0 Å². The van der Waals surface area contributed by atoms with Crippen molar-refractivity contribution in [1.29, 1.82) is 0 Å². The van der Waals surface area contributed by atoms with Crippen LogP contribution in [0.3, 0.4) is 0 Å². The first kappa shape index (κ1) is 16.9. The molecule has 0 saturated heterocycles. The van der Waals surface area contributed by atoms with E-state index in [1.807, 2.05) is 6.92 Å². The fraction of sp³-hybridized carbons (Fsp3) is 0.385. The highest BCUT2D eigenvalue weighted by molar-refractivity contribution is 7.40. The third-order valence-electron chi connectivity index (χ3n) is 2.32. The smallest absolute Gasteiger partial charge is 0.265 e. The van der Waals surface area contributed by atoms with Crippen LogP contribution in [-0.2, 0) is 18.9 Å². The van der Waals surface area contributed by atoms with E-state index in [1.165, 1.54) is 7.11 Å². The molecule has 5 heteroatoms. The van der Waals surface area contributed by atoms with Gasteiger partial charge in [0.1, 0.15) is 5.76 Å². The van der Waals surface area contributed by atoms with Gasteiger partial charge in [0.2, 0.25) is 0 Å². The van der Waals surface area contributed by atoms with E-state index in [4.69, 9.17) is 9.41 Å². The van der Waals surface area contributed by atoms with Gasteiger partial charge >= 0.3 is 0 Å². The van der Waals surface area contributed by atoms with Gasteiger partial charge in [0.25, 0.3) is 8.03 Å². The zero-order valence-corrected chi connectivity index (χ0v) is 12.1. The normalized spacial score (nSPS) is 17.2. The van der Waals surface area contributed by atoms with Crippen molar-refractivity contribution in [2.24, 2.45) is 0 Å². The SMILES string of the molecule is C=C/C=C\C=C(/C=C)OC(C)(CC)[PH](=O)OOC. The summed E-state index contributed by atoms with van der Waals surface area (Å²) in [5.41, 5.74) is 0. The molecule has 0 aromatic heterocycles. The highest BCUT2D eigenvalue weighted by Gasteiger charge is 2.33. The number of allylic oxidation sites excluding steroid dienone is 5. The average molecular weight is 272 g/mol. The van der Waals surface area contributed by atoms with E-state index in [-0.39, 0.29) is 0 Å². The summed E-state index contributed by atoms with van der Waals surface area (Å²) in [7, 11) is -1.18. The van der Waals surface area contributed by atoms with Crippen LogP contribution in [0.4, 0.5) is 0 Å². The van der Waals surface area contributed by atoms with Gasteiger partial charge in [0.15, 0.2) is 5.34 Å². The maximum atomic E-state index is 11.9. The molecule has 0 fully saturated rings. The molecule has 102 valence electrons. The van der Waals surface area contributed by atoms with Crippen LogP contribution in [-0.4, -0.2) is 12.5 Å². The predicted octanol–water partition coefficient (Wildman–Crippen LogP) is 3.99. The van der Waals surface area contributed by atoms with E-state index in [1.54, 1.807) is 37.3 Å². The Labute approximate surface area is 109 Å². The summed E-state index contributed by atoms with van der Waals surface area (Å²) >= 11 is 0. The summed E-state index contributed by atoms with van der Waals surface area (Å²) in [6.45, 7) is 10.8. The molecular formula is C13H21O4P. The summed E-state index contributed by atoms with van der Waals surface area (Å²) in [6.07, 6.45) is 8.94. The van der Waals surface area contributed by atoms with E-state index >= 15 is 0 Å². The second-order valence-electron chi connectivity index (χ2n) is 3.62. The second kappa shape index (κ2) is 8.92. The molecule has 0 aliphatic carbocycles. The van der Waals surface area contributed by atoms with Gasteiger partial charge in [-0.15, -0.1) is 0 Å². The molecule has 0 amide bonds. The Balaban J connectivity index is 4.91. The molecule has 0 aromatic rings. The molecule has 0 aliphatic rings. The van der Waals surface area contributed by atoms with Gasteiger partial charge in [-0.25, -0.2) is 4.89 Å². The van der Waals surface area contributed by atoms with Crippen molar-refractivity contribution in [1.82, 2.24) is 0 Å². The van der Waals surface area contributed by atoms with Crippen LogP contribution in [0.2, 0.25) is 0 Å². The summed E-state index contributed by atoms with van der Waals surface area (Å²) < 4.78 is 22.3. The third-order valence-corrected chi connectivity index (χ3v) is 3.95. The molecule has 4 nitrogen and oxygen atoms in total. The molecule has 0 heterocycles. The molecule has 2 atom stereocenters. The van der Waals surface area contributed by atoms with E-state index in [2.05, 4.69) is 18.0 Å². The van der Waals surface area contributed by atoms with Crippen molar-refractivity contribution in [2.45, 2.75) is 25.6 Å². The highest BCUT2D eigenvalue weighted by Crippen LogP contribution is 2.44. The summed E-state index contributed by atoms with van der Waals surface area (Å²) in [5, 5.41) is -0.928. The van der Waals surface area contributed by atoms with Crippen LogP contribution in [0.1, 0.15) is 20.3 Å². The second-order valence-corrected chi connectivity index (χ2v) is 5.42. The van der Waals surface area contributed by atoms with Gasteiger partial charge in [-0.05, 0) is 25.5 Å². The number of hydrogen-bond donors (Lipinski definition) is 0. The van der Waals surface area contributed by atoms with Crippen molar-refractivity contribution < 1.29 is 18.9 Å². The lowest BCUT2D eigenvalue weighted by molar-refractivity contribution is -0.178. The standard InChI is InChI=1S/C13H21O4P/c1-6-9-10-11-12(7-2)16-13(4,8-3)18(14)17-15-5/h6-7,9-11,18H,1-2,8H2,3-5H3/b10-9-,12-11+. The first-order chi connectivity index (χ1) is 8.53. The van der Waals surface area contributed by atoms with E-state index in [9.17, 15) is 4.57 Å². The molecule has 0 bridgehead atoms. The zero-order valence-electron chi connectivity index (χ0n) is 11.1. The number of ether oxygens (including phenoxy) is 1. The summed E-state index contributed by atoms with van der Waals surface area (Å²) in [4.78, 5) is 4.45. The Morgan fingerprint density at radius 3 is 2.50 bits per heavy atom. The molecule has 0 aromatic carbocycles. The number of rotatable bonds is 9. The van der Waals surface area contributed by atoms with Gasteiger partial charge in [-0.1, -0.05) is 38.3 Å². The molecule has 18 heavy (non-hydrogen) atoms. The van der Waals surface area contributed by atoms with Gasteiger partial charge in [0, 0.05) is 0 Å². The van der Waals surface area contributed by atoms with Crippen LogP contribution in [0.5, 0.6) is 0 Å². The quantitative estimate of drug-likeness (QED) is 0.209. The zero-order chi connectivity index (χ0) is 14.0. The summed E-state index contributed by atoms with van der Waals surface area (Å²) in [6, 6.07) is 0. The molecule has 0 aliphatic heterocycles. The Morgan fingerprint density at radius 1 is 1.39 bits per heavy atom. The van der Waals surface area contributed by atoms with Crippen LogP contribution in [0.25, 0.3) is 0 Å². The van der Waals surface area contributed by atoms with Crippen molar-refractivity contribution in [2.75, 3.05) is 7.11 Å². The number of hydrogen-bond acceptors (Lipinski definition) is 4. The van der Waals surface area contributed by atoms with Crippen molar-refractivity contribution in [3.8, 4) is 0 Å². The van der Waals surface area contributed by atoms with Gasteiger partial charge in [-0.3, -0.25) is 4.57 Å². The predicted molar refractivity (Wildman–Crippen MR) is 74.5 cm³/mol. The Kier molecular flexibility index (Phi) is 8.38. The molecule has 0 rings (SSSR count). The minimum Gasteiger partial charge on any atom is -0.478 e. The monoisotopic (exact) mass is 272 g/mol. The third kappa shape index (κ3) is 5.50. The molecule has 0 radical (unpaired) electrons. The van der Waals surface area contributed by atoms with Crippen molar-refractivity contribution >= 4 is 8.03 Å². The lowest BCUT2D eigenvalue weighted by Gasteiger charge is -2.28. The fourth-order valence-corrected chi connectivity index (χ4v) is 1.87. The summed E-state index contributed by atoms with van der Waals surface area (Å²) in [5.74, 6) is 0.510. The van der Waals surface area contributed by atoms with Crippen LogP contribution < -0.4 is 0 Å². The molecule has 0 spiro atoms. The molecule has 0 N–H and O–H groups in total. The molecule has 2 unspecified atom stereocenters. The van der Waals surface area contributed by atoms with E-state index in [0.29, 0.717) is 12.2 Å². The van der Waals surface area contributed by atoms with Gasteiger partial charge < -0.3 is 4.74 Å². The van der Waals surface area contributed by atoms with Crippen molar-refractivity contribution in [3.63, 3.8) is 0 Å². The Hall–Kier alpha value is -1.09. The van der Waals surface area contributed by atoms with Gasteiger partial charge in [-0.2, -0.15) is 4.67 Å². The minimum absolute atomic E-state index is 0.510. The first-order valence-electron chi connectivity index (χ1n) is 5.60. The molecular weight excluding hydrogens is 251 g/mol. The fourth-order valence-electron chi connectivity index (χ4n) is 1.05. The maximum Gasteiger partial charge on any atom is 0.265 e. The lowest BCUT2D eigenvalue weighted by atomic mass is 10.3.